The topological polar surface area (TPSA) is 64.1 Å². The Morgan fingerprint density at radius 1 is 1.00 bits per heavy atom. The highest BCUT2D eigenvalue weighted by Crippen LogP contribution is 2.24. The average Bonchev–Trinajstić information content (AvgIpc) is 2.66. The summed E-state index contributed by atoms with van der Waals surface area (Å²) in [4.78, 5) is 20.2. The van der Waals surface area contributed by atoms with Crippen LogP contribution in [0.3, 0.4) is 0 Å². The van der Waals surface area contributed by atoms with Gasteiger partial charge < -0.3 is 10.1 Å². The molecule has 1 heterocycles. The van der Waals surface area contributed by atoms with Crippen LogP contribution in [-0.4, -0.2) is 15.9 Å². The van der Waals surface area contributed by atoms with E-state index in [1.165, 1.54) is 24.2 Å². The van der Waals surface area contributed by atoms with Gasteiger partial charge >= 0.3 is 0 Å². The second kappa shape index (κ2) is 9.01. The fraction of sp³-hybridized carbons (Fsp3) is 0.150. The molecule has 26 heavy (non-hydrogen) atoms. The molecule has 5 nitrogen and oxygen atoms in total. The van der Waals surface area contributed by atoms with Gasteiger partial charge in [-0.05, 0) is 11.1 Å². The number of nitrogens with zero attached hydrogens (tertiary/aromatic N) is 2. The quantitative estimate of drug-likeness (QED) is 0.499. The van der Waals surface area contributed by atoms with Gasteiger partial charge in [-0.2, -0.15) is 4.98 Å². The number of anilines is 1. The van der Waals surface area contributed by atoms with Gasteiger partial charge in [-0.3, -0.25) is 4.79 Å². The van der Waals surface area contributed by atoms with Crippen LogP contribution in [0.25, 0.3) is 0 Å². The third-order valence-electron chi connectivity index (χ3n) is 3.43. The number of hydrogen-bond acceptors (Lipinski definition) is 5. The molecule has 0 aliphatic heterocycles. The van der Waals surface area contributed by atoms with Crippen molar-refractivity contribution >= 4 is 23.5 Å². The molecule has 0 bridgehead atoms. The van der Waals surface area contributed by atoms with Crippen molar-refractivity contribution in [2.75, 3.05) is 5.32 Å². The van der Waals surface area contributed by atoms with Gasteiger partial charge in [0.1, 0.15) is 12.4 Å². The van der Waals surface area contributed by atoms with Gasteiger partial charge in [-0.25, -0.2) is 4.98 Å². The SMILES string of the molecule is CC(=O)Nc1cc(OCc2ccccc2)nc(SCc2ccccc2)n1. The minimum atomic E-state index is -0.184. The molecule has 132 valence electrons. The summed E-state index contributed by atoms with van der Waals surface area (Å²) in [5.74, 6) is 1.42. The molecule has 0 atom stereocenters. The van der Waals surface area contributed by atoms with Crippen LogP contribution in [0.5, 0.6) is 5.88 Å². The minimum Gasteiger partial charge on any atom is -0.473 e. The number of ether oxygens (including phenoxy) is 1. The highest BCUT2D eigenvalue weighted by Gasteiger charge is 2.08. The maximum Gasteiger partial charge on any atom is 0.222 e. The second-order valence-electron chi connectivity index (χ2n) is 5.60. The molecule has 1 aromatic heterocycles. The maximum atomic E-state index is 11.4. The smallest absolute Gasteiger partial charge is 0.222 e. The highest BCUT2D eigenvalue weighted by atomic mass is 32.2. The zero-order chi connectivity index (χ0) is 18.2. The van der Waals surface area contributed by atoms with Crippen LogP contribution in [0, 0.1) is 0 Å². The Kier molecular flexibility index (Phi) is 6.22. The van der Waals surface area contributed by atoms with E-state index >= 15 is 0 Å². The van der Waals surface area contributed by atoms with Crippen molar-refractivity contribution in [2.45, 2.75) is 24.4 Å². The van der Waals surface area contributed by atoms with Crippen molar-refractivity contribution in [1.82, 2.24) is 9.97 Å². The van der Waals surface area contributed by atoms with E-state index in [-0.39, 0.29) is 5.91 Å². The molecule has 0 aliphatic carbocycles. The number of amides is 1. The number of benzene rings is 2. The standard InChI is InChI=1S/C20H19N3O2S/c1-15(24)21-18-12-19(25-13-16-8-4-2-5-9-16)23-20(22-18)26-14-17-10-6-3-7-11-17/h2-12H,13-14H2,1H3,(H,21,22,23,24). The van der Waals surface area contributed by atoms with Crippen molar-refractivity contribution in [3.05, 3.63) is 77.9 Å². The molecule has 0 fully saturated rings. The van der Waals surface area contributed by atoms with Crippen LogP contribution < -0.4 is 10.1 Å². The fourth-order valence-electron chi connectivity index (χ4n) is 2.24. The Bertz CT molecular complexity index is 796. The van der Waals surface area contributed by atoms with E-state index in [2.05, 4.69) is 27.4 Å². The molecule has 1 amide bonds. The van der Waals surface area contributed by atoms with E-state index < -0.39 is 0 Å². The summed E-state index contributed by atoms with van der Waals surface area (Å²) >= 11 is 1.50. The predicted octanol–water partition coefficient (Wildman–Crippen LogP) is 4.31. The predicted molar refractivity (Wildman–Crippen MR) is 103 cm³/mol. The summed E-state index contributed by atoms with van der Waals surface area (Å²) in [6, 6.07) is 21.6. The molecule has 0 radical (unpaired) electrons. The van der Waals surface area contributed by atoms with Gasteiger partial charge in [-0.1, -0.05) is 72.4 Å². The summed E-state index contributed by atoms with van der Waals surface area (Å²) in [7, 11) is 0. The second-order valence-corrected chi connectivity index (χ2v) is 6.55. The highest BCUT2D eigenvalue weighted by molar-refractivity contribution is 7.98. The summed E-state index contributed by atoms with van der Waals surface area (Å²) < 4.78 is 5.79. The molecule has 6 heteroatoms. The zero-order valence-corrected chi connectivity index (χ0v) is 15.2. The summed E-state index contributed by atoms with van der Waals surface area (Å²) in [6.45, 7) is 1.85. The number of aromatic nitrogens is 2. The Morgan fingerprint density at radius 3 is 2.31 bits per heavy atom. The number of nitrogens with one attached hydrogen (secondary N) is 1. The van der Waals surface area contributed by atoms with Crippen LogP contribution in [0.1, 0.15) is 18.1 Å². The van der Waals surface area contributed by atoms with Crippen LogP contribution in [0.4, 0.5) is 5.82 Å². The third kappa shape index (κ3) is 5.60. The normalized spacial score (nSPS) is 10.3. The lowest BCUT2D eigenvalue weighted by atomic mass is 10.2. The Hall–Kier alpha value is -2.86. The molecule has 3 aromatic rings. The van der Waals surface area contributed by atoms with E-state index in [9.17, 15) is 4.79 Å². The maximum absolute atomic E-state index is 11.4. The third-order valence-corrected chi connectivity index (χ3v) is 4.34. The first kappa shape index (κ1) is 17.9. The van der Waals surface area contributed by atoms with Crippen molar-refractivity contribution in [2.24, 2.45) is 0 Å². The Balaban J connectivity index is 1.73. The molecule has 0 spiro atoms. The number of rotatable bonds is 7. The molecule has 2 aromatic carbocycles. The Morgan fingerprint density at radius 2 is 1.65 bits per heavy atom. The fourth-order valence-corrected chi connectivity index (χ4v) is 3.05. The van der Waals surface area contributed by atoms with E-state index in [1.807, 2.05) is 48.5 Å². The molecular weight excluding hydrogens is 346 g/mol. The first-order valence-corrected chi connectivity index (χ1v) is 9.18. The molecule has 0 unspecified atom stereocenters. The van der Waals surface area contributed by atoms with Crippen LogP contribution in [0.2, 0.25) is 0 Å². The van der Waals surface area contributed by atoms with E-state index in [0.29, 0.717) is 23.5 Å². The number of carbonyl (C=O) groups is 1. The van der Waals surface area contributed by atoms with Crippen molar-refractivity contribution < 1.29 is 9.53 Å². The molecular formula is C20H19N3O2S. The minimum absolute atomic E-state index is 0.184. The molecule has 0 aliphatic rings. The van der Waals surface area contributed by atoms with Crippen molar-refractivity contribution in [3.63, 3.8) is 0 Å². The molecule has 0 saturated carbocycles. The summed E-state index contributed by atoms with van der Waals surface area (Å²) in [5, 5.41) is 3.26. The number of carbonyl (C=O) groups excluding carboxylic acids is 1. The van der Waals surface area contributed by atoms with Crippen molar-refractivity contribution in [3.8, 4) is 5.88 Å². The first-order chi connectivity index (χ1) is 12.7. The molecule has 1 N–H and O–H groups in total. The lowest BCUT2D eigenvalue weighted by Gasteiger charge is -2.10. The van der Waals surface area contributed by atoms with E-state index in [0.717, 1.165) is 11.3 Å². The van der Waals surface area contributed by atoms with Gasteiger partial charge in [0.05, 0.1) is 0 Å². The summed E-state index contributed by atoms with van der Waals surface area (Å²) in [5.41, 5.74) is 2.23. The lowest BCUT2D eigenvalue weighted by molar-refractivity contribution is -0.114. The largest absolute Gasteiger partial charge is 0.473 e. The van der Waals surface area contributed by atoms with Gasteiger partial charge in [0.15, 0.2) is 5.16 Å². The van der Waals surface area contributed by atoms with Gasteiger partial charge in [-0.15, -0.1) is 0 Å². The van der Waals surface area contributed by atoms with Gasteiger partial charge in [0.25, 0.3) is 0 Å². The number of thioether (sulfide) groups is 1. The molecule has 0 saturated heterocycles. The van der Waals surface area contributed by atoms with Crippen molar-refractivity contribution in [1.29, 1.82) is 0 Å². The van der Waals surface area contributed by atoms with Crippen LogP contribution in [-0.2, 0) is 17.2 Å². The zero-order valence-electron chi connectivity index (χ0n) is 14.4. The van der Waals surface area contributed by atoms with Gasteiger partial charge in [0, 0.05) is 18.7 Å². The lowest BCUT2D eigenvalue weighted by Crippen LogP contribution is -2.09. The Labute approximate surface area is 156 Å². The monoisotopic (exact) mass is 365 g/mol. The average molecular weight is 365 g/mol. The first-order valence-electron chi connectivity index (χ1n) is 8.19. The van der Waals surface area contributed by atoms with Gasteiger partial charge in [0.2, 0.25) is 11.8 Å². The van der Waals surface area contributed by atoms with E-state index in [1.54, 1.807) is 6.07 Å². The summed E-state index contributed by atoms with van der Waals surface area (Å²) in [6.07, 6.45) is 0. The molecule has 3 rings (SSSR count). The van der Waals surface area contributed by atoms with E-state index in [4.69, 9.17) is 4.74 Å². The number of hydrogen-bond donors (Lipinski definition) is 1. The van der Waals surface area contributed by atoms with Crippen LogP contribution in [0.15, 0.2) is 71.9 Å². The van der Waals surface area contributed by atoms with Crippen LogP contribution >= 0.6 is 11.8 Å².